The van der Waals surface area contributed by atoms with Gasteiger partial charge < -0.3 is 9.64 Å². The number of fused-ring (bicyclic) bond motifs is 1. The lowest BCUT2D eigenvalue weighted by Crippen LogP contribution is -2.48. The molecule has 2 aromatic carbocycles. The highest BCUT2D eigenvalue weighted by Crippen LogP contribution is 2.41. The molecule has 1 N–H and O–H groups in total. The molecule has 1 aliphatic carbocycles. The second-order valence-electron chi connectivity index (χ2n) is 7.70. The Morgan fingerprint density at radius 1 is 1.15 bits per heavy atom. The molecule has 1 aliphatic heterocycles. The minimum atomic E-state index is -0.219. The lowest BCUT2D eigenvalue weighted by molar-refractivity contribution is -0.120. The summed E-state index contributed by atoms with van der Waals surface area (Å²) in [6.07, 6.45) is 4.52. The van der Waals surface area contributed by atoms with Crippen LogP contribution in [0.2, 0.25) is 0 Å². The number of aryl methyl sites for hydroxylation is 1. The van der Waals surface area contributed by atoms with Crippen molar-refractivity contribution in [1.29, 1.82) is 0 Å². The van der Waals surface area contributed by atoms with Crippen molar-refractivity contribution in [3.63, 3.8) is 0 Å². The maximum atomic E-state index is 13.2. The zero-order chi connectivity index (χ0) is 18.8. The fourth-order valence-corrected chi connectivity index (χ4v) is 4.08. The first-order valence-corrected chi connectivity index (χ1v) is 9.96. The molecular weight excluding hydrogens is 336 g/mol. The van der Waals surface area contributed by atoms with Gasteiger partial charge in [0.25, 0.3) is 0 Å². The molecule has 0 aromatic heterocycles. The van der Waals surface area contributed by atoms with Crippen molar-refractivity contribution in [1.82, 2.24) is 5.32 Å². The number of carbonyl (C=O) groups excluding carboxylic acids is 1. The van der Waals surface area contributed by atoms with Gasteiger partial charge in [0.15, 0.2) is 0 Å². The molecule has 1 heterocycles. The lowest BCUT2D eigenvalue weighted by Gasteiger charge is -2.33. The van der Waals surface area contributed by atoms with Gasteiger partial charge in [-0.15, -0.1) is 0 Å². The molecule has 0 bridgehead atoms. The number of para-hydroxylation sites is 1. The molecular formula is C23H28N2O2. The second-order valence-corrected chi connectivity index (χ2v) is 7.70. The molecule has 2 atom stereocenters. The molecule has 4 heteroatoms. The van der Waals surface area contributed by atoms with E-state index in [1.54, 1.807) is 7.11 Å². The van der Waals surface area contributed by atoms with E-state index in [0.717, 1.165) is 30.8 Å². The zero-order valence-corrected chi connectivity index (χ0v) is 16.2. The number of anilines is 1. The van der Waals surface area contributed by atoms with Gasteiger partial charge in [-0.25, -0.2) is 0 Å². The maximum absolute atomic E-state index is 13.2. The van der Waals surface area contributed by atoms with Gasteiger partial charge in [-0.05, 0) is 67.9 Å². The van der Waals surface area contributed by atoms with E-state index in [9.17, 15) is 4.79 Å². The first-order valence-electron chi connectivity index (χ1n) is 9.96. The highest BCUT2D eigenvalue weighted by Gasteiger charge is 2.35. The monoisotopic (exact) mass is 364 g/mol. The highest BCUT2D eigenvalue weighted by molar-refractivity contribution is 5.98. The van der Waals surface area contributed by atoms with E-state index in [1.807, 2.05) is 30.0 Å². The van der Waals surface area contributed by atoms with Crippen molar-refractivity contribution in [2.24, 2.45) is 5.92 Å². The van der Waals surface area contributed by atoms with Crippen molar-refractivity contribution in [3.8, 4) is 5.75 Å². The van der Waals surface area contributed by atoms with E-state index in [2.05, 4.69) is 35.6 Å². The normalized spacial score (nSPS) is 18.5. The summed E-state index contributed by atoms with van der Waals surface area (Å²) >= 11 is 0. The molecule has 1 amide bonds. The molecule has 2 aliphatic rings. The maximum Gasteiger partial charge on any atom is 0.243 e. The Morgan fingerprint density at radius 2 is 1.89 bits per heavy atom. The first-order chi connectivity index (χ1) is 13.2. The van der Waals surface area contributed by atoms with Gasteiger partial charge in [-0.2, -0.15) is 0 Å². The number of carbonyl (C=O) groups is 1. The zero-order valence-electron chi connectivity index (χ0n) is 16.2. The fourth-order valence-electron chi connectivity index (χ4n) is 4.08. The van der Waals surface area contributed by atoms with Crippen molar-refractivity contribution in [2.75, 3.05) is 18.6 Å². The summed E-state index contributed by atoms with van der Waals surface area (Å²) < 4.78 is 5.28. The van der Waals surface area contributed by atoms with Crippen molar-refractivity contribution < 1.29 is 9.53 Å². The summed E-state index contributed by atoms with van der Waals surface area (Å²) in [5, 5.41) is 3.63. The average molecular weight is 364 g/mol. The van der Waals surface area contributed by atoms with Crippen LogP contribution in [-0.2, 0) is 11.2 Å². The number of amides is 1. The molecule has 2 unspecified atom stereocenters. The minimum Gasteiger partial charge on any atom is -0.497 e. The standard InChI is InChI=1S/C23H28N2O2/c1-16(23(26)25-15-5-7-17-6-3-4-8-21(17)25)24-22(18-9-10-18)19-11-13-20(27-2)14-12-19/h3-4,6,8,11-14,16,18,22,24H,5,7,9-10,15H2,1-2H3. The van der Waals surface area contributed by atoms with Crippen LogP contribution < -0.4 is 15.0 Å². The summed E-state index contributed by atoms with van der Waals surface area (Å²) in [6.45, 7) is 2.80. The Balaban J connectivity index is 1.50. The molecule has 2 aromatic rings. The summed E-state index contributed by atoms with van der Waals surface area (Å²) in [7, 11) is 1.68. The van der Waals surface area contributed by atoms with E-state index in [-0.39, 0.29) is 18.0 Å². The molecule has 1 saturated carbocycles. The van der Waals surface area contributed by atoms with Crippen molar-refractivity contribution in [2.45, 2.75) is 44.7 Å². The van der Waals surface area contributed by atoms with Crippen molar-refractivity contribution in [3.05, 3.63) is 59.7 Å². The Hall–Kier alpha value is -2.33. The fraction of sp³-hybridized carbons (Fsp3) is 0.435. The van der Waals surface area contributed by atoms with Crippen LogP contribution in [0.1, 0.15) is 43.4 Å². The van der Waals surface area contributed by atoms with E-state index in [0.29, 0.717) is 5.92 Å². The van der Waals surface area contributed by atoms with Gasteiger partial charge in [0, 0.05) is 18.3 Å². The third-order valence-electron chi connectivity index (χ3n) is 5.74. The molecule has 142 valence electrons. The van der Waals surface area contributed by atoms with Gasteiger partial charge in [-0.3, -0.25) is 10.1 Å². The van der Waals surface area contributed by atoms with Crippen LogP contribution >= 0.6 is 0 Å². The van der Waals surface area contributed by atoms with Gasteiger partial charge in [0.05, 0.1) is 13.2 Å². The Bertz CT molecular complexity index is 798. The smallest absolute Gasteiger partial charge is 0.243 e. The Kier molecular flexibility index (Phi) is 5.17. The summed E-state index contributed by atoms with van der Waals surface area (Å²) in [6, 6.07) is 16.5. The molecule has 4 nitrogen and oxygen atoms in total. The number of methoxy groups -OCH3 is 1. The largest absolute Gasteiger partial charge is 0.497 e. The molecule has 4 rings (SSSR count). The lowest BCUT2D eigenvalue weighted by atomic mass is 9.99. The van der Waals surface area contributed by atoms with E-state index in [1.165, 1.54) is 24.0 Å². The second kappa shape index (κ2) is 7.73. The predicted octanol–water partition coefficient (Wildman–Crippen LogP) is 4.10. The molecule has 0 spiro atoms. The van der Waals surface area contributed by atoms with Crippen LogP contribution in [-0.4, -0.2) is 25.6 Å². The number of hydrogen-bond donors (Lipinski definition) is 1. The van der Waals surface area contributed by atoms with Crippen LogP contribution in [0.4, 0.5) is 5.69 Å². The quantitative estimate of drug-likeness (QED) is 0.839. The average Bonchev–Trinajstić information content (AvgIpc) is 3.56. The molecule has 0 radical (unpaired) electrons. The van der Waals surface area contributed by atoms with Crippen LogP contribution in [0.15, 0.2) is 48.5 Å². The molecule has 0 saturated heterocycles. The SMILES string of the molecule is COc1ccc(C(NC(C)C(=O)N2CCCc3ccccc32)C2CC2)cc1. The summed E-state index contributed by atoms with van der Waals surface area (Å²) in [5.41, 5.74) is 3.59. The van der Waals surface area contributed by atoms with E-state index in [4.69, 9.17) is 4.74 Å². The topological polar surface area (TPSA) is 41.6 Å². The summed E-state index contributed by atoms with van der Waals surface area (Å²) in [5.74, 6) is 1.64. The minimum absolute atomic E-state index is 0.168. The highest BCUT2D eigenvalue weighted by atomic mass is 16.5. The Labute approximate surface area is 161 Å². The van der Waals surface area contributed by atoms with Gasteiger partial charge in [-0.1, -0.05) is 30.3 Å². The number of nitrogens with one attached hydrogen (secondary N) is 1. The number of ether oxygens (including phenoxy) is 1. The molecule has 1 fully saturated rings. The van der Waals surface area contributed by atoms with Gasteiger partial charge in [0.2, 0.25) is 5.91 Å². The number of benzene rings is 2. The third-order valence-corrected chi connectivity index (χ3v) is 5.74. The number of hydrogen-bond acceptors (Lipinski definition) is 3. The van der Waals surface area contributed by atoms with Gasteiger partial charge >= 0.3 is 0 Å². The van der Waals surface area contributed by atoms with Crippen LogP contribution in [0.5, 0.6) is 5.75 Å². The summed E-state index contributed by atoms with van der Waals surface area (Å²) in [4.78, 5) is 15.2. The van der Waals surface area contributed by atoms with Crippen LogP contribution in [0, 0.1) is 5.92 Å². The number of nitrogens with zero attached hydrogens (tertiary/aromatic N) is 1. The van der Waals surface area contributed by atoms with Crippen LogP contribution in [0.3, 0.4) is 0 Å². The third kappa shape index (κ3) is 3.86. The first kappa shape index (κ1) is 18.1. The van der Waals surface area contributed by atoms with Gasteiger partial charge in [0.1, 0.15) is 5.75 Å². The van der Waals surface area contributed by atoms with E-state index >= 15 is 0 Å². The van der Waals surface area contributed by atoms with Crippen LogP contribution in [0.25, 0.3) is 0 Å². The predicted molar refractivity (Wildman–Crippen MR) is 108 cm³/mol. The van der Waals surface area contributed by atoms with E-state index < -0.39 is 0 Å². The number of rotatable bonds is 6. The Morgan fingerprint density at radius 3 is 2.59 bits per heavy atom. The van der Waals surface area contributed by atoms with Crippen molar-refractivity contribution >= 4 is 11.6 Å². The molecule has 27 heavy (non-hydrogen) atoms.